The van der Waals surface area contributed by atoms with Gasteiger partial charge >= 0.3 is 0 Å². The predicted octanol–water partition coefficient (Wildman–Crippen LogP) is 3.05. The number of benzene rings is 1. The SMILES string of the molecule is CC1(n2c(N)nc3cc(Br)c(F)cc32)CCCOC1. The van der Waals surface area contributed by atoms with Gasteiger partial charge < -0.3 is 15.0 Å². The number of nitrogens with zero attached hydrogens (tertiary/aromatic N) is 2. The van der Waals surface area contributed by atoms with Gasteiger partial charge in [0.05, 0.1) is 27.7 Å². The molecule has 3 rings (SSSR count). The largest absolute Gasteiger partial charge is 0.379 e. The van der Waals surface area contributed by atoms with Crippen LogP contribution in [0.25, 0.3) is 11.0 Å². The molecule has 1 atom stereocenters. The van der Waals surface area contributed by atoms with Crippen LogP contribution < -0.4 is 5.73 Å². The molecule has 2 N–H and O–H groups in total. The van der Waals surface area contributed by atoms with Gasteiger partial charge in [0.1, 0.15) is 5.82 Å². The standard InChI is InChI=1S/C13H15BrFN3O/c1-13(3-2-4-19-7-13)18-11-6-9(15)8(14)5-10(11)17-12(18)16/h5-6H,2-4,7H2,1H3,(H2,16,17). The second kappa shape index (κ2) is 4.45. The number of rotatable bonds is 1. The smallest absolute Gasteiger partial charge is 0.201 e. The summed E-state index contributed by atoms with van der Waals surface area (Å²) in [6, 6.07) is 3.13. The third-order valence-corrected chi connectivity index (χ3v) is 4.29. The van der Waals surface area contributed by atoms with E-state index in [9.17, 15) is 4.39 Å². The van der Waals surface area contributed by atoms with Gasteiger partial charge in [-0.05, 0) is 41.8 Å². The summed E-state index contributed by atoms with van der Waals surface area (Å²) in [5, 5.41) is 0. The van der Waals surface area contributed by atoms with Crippen molar-refractivity contribution in [1.29, 1.82) is 0 Å². The fraction of sp³-hybridized carbons (Fsp3) is 0.462. The number of hydrogen-bond acceptors (Lipinski definition) is 3. The van der Waals surface area contributed by atoms with Crippen molar-refractivity contribution in [3.63, 3.8) is 0 Å². The van der Waals surface area contributed by atoms with E-state index in [1.54, 1.807) is 6.07 Å². The van der Waals surface area contributed by atoms with Crippen molar-refractivity contribution >= 4 is 32.9 Å². The molecule has 0 radical (unpaired) electrons. The Kier molecular flexibility index (Phi) is 3.02. The van der Waals surface area contributed by atoms with Gasteiger partial charge in [0.25, 0.3) is 0 Å². The van der Waals surface area contributed by atoms with Crippen molar-refractivity contribution in [3.8, 4) is 0 Å². The molecule has 1 aliphatic heterocycles. The maximum Gasteiger partial charge on any atom is 0.201 e. The normalized spacial score (nSPS) is 23.9. The first-order valence-electron chi connectivity index (χ1n) is 6.22. The van der Waals surface area contributed by atoms with Crippen molar-refractivity contribution in [2.75, 3.05) is 18.9 Å². The van der Waals surface area contributed by atoms with Crippen LogP contribution in [0.15, 0.2) is 16.6 Å². The molecule has 1 aromatic heterocycles. The summed E-state index contributed by atoms with van der Waals surface area (Å²) >= 11 is 3.17. The molecule has 2 heterocycles. The lowest BCUT2D eigenvalue weighted by Crippen LogP contribution is -2.39. The molecule has 1 saturated heterocycles. The summed E-state index contributed by atoms with van der Waals surface area (Å²) in [6.45, 7) is 3.41. The molecule has 2 aromatic rings. The van der Waals surface area contributed by atoms with Crippen LogP contribution in [0.1, 0.15) is 19.8 Å². The average molecular weight is 328 g/mol. The maximum absolute atomic E-state index is 13.8. The highest BCUT2D eigenvalue weighted by molar-refractivity contribution is 9.10. The highest BCUT2D eigenvalue weighted by Crippen LogP contribution is 2.34. The lowest BCUT2D eigenvalue weighted by Gasteiger charge is -2.35. The number of anilines is 1. The summed E-state index contributed by atoms with van der Waals surface area (Å²) in [7, 11) is 0. The van der Waals surface area contributed by atoms with E-state index >= 15 is 0 Å². The molecule has 102 valence electrons. The zero-order valence-corrected chi connectivity index (χ0v) is 12.2. The number of ether oxygens (including phenoxy) is 1. The Morgan fingerprint density at radius 1 is 1.53 bits per heavy atom. The molecule has 0 bridgehead atoms. The quantitative estimate of drug-likeness (QED) is 0.875. The Morgan fingerprint density at radius 3 is 3.00 bits per heavy atom. The van der Waals surface area contributed by atoms with Crippen LogP contribution in [0, 0.1) is 5.82 Å². The molecular formula is C13H15BrFN3O. The summed E-state index contributed by atoms with van der Waals surface area (Å²) in [6.07, 6.45) is 1.91. The molecule has 6 heteroatoms. The Bertz CT molecular complexity index is 634. The van der Waals surface area contributed by atoms with Gasteiger partial charge in [0, 0.05) is 12.7 Å². The molecule has 1 aromatic carbocycles. The first-order chi connectivity index (χ1) is 9.01. The molecule has 1 aliphatic rings. The fourth-order valence-electron chi connectivity index (χ4n) is 2.75. The highest BCUT2D eigenvalue weighted by Gasteiger charge is 2.33. The number of imidazole rings is 1. The van der Waals surface area contributed by atoms with E-state index in [2.05, 4.69) is 27.8 Å². The second-order valence-corrected chi connectivity index (χ2v) is 6.07. The lowest BCUT2D eigenvalue weighted by molar-refractivity contribution is 0.0124. The van der Waals surface area contributed by atoms with Crippen molar-refractivity contribution in [2.45, 2.75) is 25.3 Å². The average Bonchev–Trinajstić information content (AvgIpc) is 2.67. The summed E-state index contributed by atoms with van der Waals surface area (Å²) in [4.78, 5) is 4.32. The van der Waals surface area contributed by atoms with E-state index in [4.69, 9.17) is 10.5 Å². The van der Waals surface area contributed by atoms with E-state index in [1.165, 1.54) is 6.07 Å². The monoisotopic (exact) mass is 327 g/mol. The zero-order valence-electron chi connectivity index (χ0n) is 10.6. The number of fused-ring (bicyclic) bond motifs is 1. The first-order valence-corrected chi connectivity index (χ1v) is 7.02. The predicted molar refractivity (Wildman–Crippen MR) is 75.5 cm³/mol. The third kappa shape index (κ3) is 2.03. The van der Waals surface area contributed by atoms with Gasteiger partial charge in [0.15, 0.2) is 0 Å². The lowest BCUT2D eigenvalue weighted by atomic mass is 9.94. The summed E-state index contributed by atoms with van der Waals surface area (Å²) in [5.74, 6) is 0.0921. The van der Waals surface area contributed by atoms with E-state index < -0.39 is 0 Å². The number of halogens is 2. The van der Waals surface area contributed by atoms with Gasteiger partial charge in [0.2, 0.25) is 5.95 Å². The molecule has 1 unspecified atom stereocenters. The molecule has 0 spiro atoms. The second-order valence-electron chi connectivity index (χ2n) is 5.21. The Balaban J connectivity index is 2.22. The molecule has 0 aliphatic carbocycles. The molecule has 19 heavy (non-hydrogen) atoms. The topological polar surface area (TPSA) is 53.1 Å². The molecule has 4 nitrogen and oxygen atoms in total. The minimum absolute atomic E-state index is 0.267. The minimum Gasteiger partial charge on any atom is -0.379 e. The first kappa shape index (κ1) is 12.9. The van der Waals surface area contributed by atoms with Crippen LogP contribution in [0.2, 0.25) is 0 Å². The number of nitrogen functional groups attached to an aromatic ring is 1. The molecule has 0 amide bonds. The maximum atomic E-state index is 13.8. The van der Waals surface area contributed by atoms with Crippen LogP contribution in [0.3, 0.4) is 0 Å². The summed E-state index contributed by atoms with van der Waals surface area (Å²) in [5.41, 5.74) is 7.17. The van der Waals surface area contributed by atoms with Crippen molar-refractivity contribution in [1.82, 2.24) is 9.55 Å². The zero-order chi connectivity index (χ0) is 13.6. The number of hydrogen-bond donors (Lipinski definition) is 1. The van der Waals surface area contributed by atoms with Crippen molar-refractivity contribution in [3.05, 3.63) is 22.4 Å². The van der Waals surface area contributed by atoms with E-state index in [1.807, 2.05) is 4.57 Å². The summed E-state index contributed by atoms with van der Waals surface area (Å²) < 4.78 is 21.6. The molecular weight excluding hydrogens is 313 g/mol. The minimum atomic E-state index is -0.311. The van der Waals surface area contributed by atoms with Crippen molar-refractivity contribution in [2.24, 2.45) is 0 Å². The Labute approximate surface area is 118 Å². The van der Waals surface area contributed by atoms with Gasteiger partial charge in [-0.3, -0.25) is 0 Å². The number of nitrogens with two attached hydrogens (primary N) is 1. The van der Waals surface area contributed by atoms with E-state index in [0.29, 0.717) is 28.1 Å². The number of aromatic nitrogens is 2. The van der Waals surface area contributed by atoms with Crippen LogP contribution in [0.4, 0.5) is 10.3 Å². The van der Waals surface area contributed by atoms with Gasteiger partial charge in [-0.15, -0.1) is 0 Å². The van der Waals surface area contributed by atoms with Gasteiger partial charge in [-0.1, -0.05) is 0 Å². The Hall–Kier alpha value is -1.14. The van der Waals surface area contributed by atoms with Crippen molar-refractivity contribution < 1.29 is 9.13 Å². The molecule has 1 fully saturated rings. The van der Waals surface area contributed by atoms with Crippen LogP contribution in [-0.2, 0) is 10.3 Å². The third-order valence-electron chi connectivity index (χ3n) is 3.68. The highest BCUT2D eigenvalue weighted by atomic mass is 79.9. The van der Waals surface area contributed by atoms with E-state index in [-0.39, 0.29) is 11.4 Å². The van der Waals surface area contributed by atoms with Gasteiger partial charge in [-0.2, -0.15) is 0 Å². The molecule has 0 saturated carbocycles. The van der Waals surface area contributed by atoms with Crippen LogP contribution in [0.5, 0.6) is 0 Å². The van der Waals surface area contributed by atoms with Gasteiger partial charge in [-0.25, -0.2) is 9.37 Å². The Morgan fingerprint density at radius 2 is 2.32 bits per heavy atom. The van der Waals surface area contributed by atoms with Crippen LogP contribution in [-0.4, -0.2) is 22.8 Å². The van der Waals surface area contributed by atoms with E-state index in [0.717, 1.165) is 19.4 Å². The van der Waals surface area contributed by atoms with Crippen LogP contribution >= 0.6 is 15.9 Å². The fourth-order valence-corrected chi connectivity index (χ4v) is 3.09.